The second kappa shape index (κ2) is 30.9. The second-order valence-corrected chi connectivity index (χ2v) is 29.8. The normalized spacial score (nSPS) is 12.4. The molecule has 19 nitrogen and oxygen atoms in total. The molecule has 0 saturated carbocycles. The van der Waals surface area contributed by atoms with Gasteiger partial charge in [-0.25, -0.2) is 16.8 Å². The van der Waals surface area contributed by atoms with Gasteiger partial charge in [0.25, 0.3) is 0 Å². The number of hydrogen-bond acceptors (Lipinski definition) is 16. The van der Waals surface area contributed by atoms with E-state index in [0.29, 0.717) is 36.0 Å². The maximum atomic E-state index is 12.2. The first kappa shape index (κ1) is 72.6. The van der Waals surface area contributed by atoms with Gasteiger partial charge in [-0.05, 0) is 60.8 Å². The van der Waals surface area contributed by atoms with Gasteiger partial charge in [0, 0.05) is 50.9 Å². The number of nitrogen functional groups attached to an aromatic ring is 1. The van der Waals surface area contributed by atoms with Crippen molar-refractivity contribution in [3.63, 3.8) is 0 Å². The Balaban J connectivity index is -0.000000385. The van der Waals surface area contributed by atoms with Gasteiger partial charge >= 0.3 is 35.5 Å². The van der Waals surface area contributed by atoms with Crippen LogP contribution < -0.4 is 45.9 Å². The van der Waals surface area contributed by atoms with Crippen LogP contribution in [-0.2, 0) is 60.6 Å². The number of halogens is 3. The van der Waals surface area contributed by atoms with Crippen LogP contribution >= 0.6 is 42.5 Å². The summed E-state index contributed by atoms with van der Waals surface area (Å²) < 4.78 is 75.9. The SMILES string of the molecule is CC(C)(Br)C(=O)Nc1cc(C(C)(C)C)on1.CC(C)(Br)C(=O)O.CC(C)(C)c1cc(N)no1.CCCS(=O)(=O)C(C)(C)C(=O)Nc1cc(C(C)(C)C)on1.CCCS(=O)(=O)Cl.CCCS(=O)[O-].[Na+]. The van der Waals surface area contributed by atoms with Crippen LogP contribution in [0.15, 0.2) is 31.8 Å². The Kier molecular flexibility index (Phi) is 33.0. The summed E-state index contributed by atoms with van der Waals surface area (Å²) in [5, 5.41) is 24.6. The minimum absolute atomic E-state index is 0. The number of nitrogens with zero attached hydrogens (tertiary/aromatic N) is 3. The standard InChI is InChI=1S/C14H24N2O4S.C11H17BrN2O2.C7H12N2O.C4H7BrO2.C3H7ClO2S.C3H8O2S.Na/c1-7-8-21(18,19)14(5,6)12(17)15-11-9-10(20-16-11)13(2,3)4;1-10(2,3)7-6-8(14-16-7)13-9(15)11(4,5)12;1-7(2,3)5-4-6(8)9-10-5;1-4(2,5)3(6)7;1-2-3-7(4,5)6;1-2-3-6(4)5;/h9H,7-8H2,1-6H3,(H,15,16,17);6H,1-5H3,(H,13,14,15);4H,1-3H3,(H2,8,9);1-2H3,(H,6,7);2-3H2,1H3;2-3H2,1H3,(H,4,5);/q;;;;;;+1/p-1. The Bertz CT molecular complexity index is 2220. The van der Waals surface area contributed by atoms with E-state index in [1.807, 2.05) is 69.2 Å². The number of nitrogens with one attached hydrogen (secondary N) is 2. The molecule has 0 aromatic carbocycles. The van der Waals surface area contributed by atoms with E-state index in [0.717, 1.165) is 17.9 Å². The summed E-state index contributed by atoms with van der Waals surface area (Å²) in [4.78, 5) is 33.9. The third-order valence-corrected chi connectivity index (χ3v) is 13.4. The van der Waals surface area contributed by atoms with Crippen molar-refractivity contribution in [2.75, 3.05) is 33.6 Å². The Hall–Kier alpha value is -1.90. The second-order valence-electron chi connectivity index (χ2n) is 19.3. The van der Waals surface area contributed by atoms with E-state index in [-0.39, 0.29) is 69.0 Å². The molecule has 5 N–H and O–H groups in total. The van der Waals surface area contributed by atoms with E-state index in [2.05, 4.69) is 58.0 Å². The largest absolute Gasteiger partial charge is 1.00 e. The minimum atomic E-state index is -3.52. The number of alkyl halides is 2. The zero-order valence-electron chi connectivity index (χ0n) is 43.1. The maximum absolute atomic E-state index is 12.2. The fourth-order valence-corrected chi connectivity index (χ4v) is 6.39. The molecule has 1 unspecified atom stereocenters. The quantitative estimate of drug-likeness (QED) is 0.0639. The predicted molar refractivity (Wildman–Crippen MR) is 273 cm³/mol. The first-order valence-electron chi connectivity index (χ1n) is 20.9. The summed E-state index contributed by atoms with van der Waals surface area (Å²) in [5.74, 6) is 2.05. The van der Waals surface area contributed by atoms with E-state index in [9.17, 15) is 40.0 Å². The number of rotatable bonds is 12. The van der Waals surface area contributed by atoms with Crippen LogP contribution in [0, 0.1) is 0 Å². The molecule has 1 atom stereocenters. The van der Waals surface area contributed by atoms with Crippen molar-refractivity contribution in [2.45, 2.75) is 174 Å². The van der Waals surface area contributed by atoms with Crippen molar-refractivity contribution in [3.8, 4) is 0 Å². The zero-order valence-corrected chi connectivity index (χ0v) is 51.5. The van der Waals surface area contributed by atoms with Crippen LogP contribution in [0.1, 0.15) is 161 Å². The van der Waals surface area contributed by atoms with E-state index >= 15 is 0 Å². The van der Waals surface area contributed by atoms with Gasteiger partial charge in [0.05, 0.1) is 15.8 Å². The number of nitrogens with two attached hydrogens (primary N) is 1. The number of carbonyl (C=O) groups is 3. The Labute approximate surface area is 450 Å². The van der Waals surface area contributed by atoms with E-state index in [1.165, 1.54) is 13.8 Å². The van der Waals surface area contributed by atoms with Gasteiger partial charge < -0.3 is 39.6 Å². The zero-order chi connectivity index (χ0) is 53.8. The van der Waals surface area contributed by atoms with Crippen LogP contribution in [0.5, 0.6) is 0 Å². The van der Waals surface area contributed by atoms with Crippen LogP contribution in [0.4, 0.5) is 17.5 Å². The number of hydrogen-bond donors (Lipinski definition) is 4. The number of anilines is 3. The number of aliphatic carboxylic acids is 1. The molecule has 3 aromatic heterocycles. The fraction of sp³-hybridized carbons (Fsp3) is 0.714. The molecule has 3 aromatic rings. The van der Waals surface area contributed by atoms with E-state index in [1.54, 1.807) is 59.7 Å². The number of aromatic nitrogens is 3. The van der Waals surface area contributed by atoms with Crippen molar-refractivity contribution >= 4 is 108 Å². The van der Waals surface area contributed by atoms with Crippen molar-refractivity contribution in [1.29, 1.82) is 0 Å². The van der Waals surface area contributed by atoms with E-state index in [4.69, 9.17) is 35.1 Å². The van der Waals surface area contributed by atoms with Gasteiger partial charge in [0.2, 0.25) is 20.9 Å². The molecule has 0 spiro atoms. The summed E-state index contributed by atoms with van der Waals surface area (Å²) in [6, 6.07) is 5.11. The molecule has 390 valence electrons. The first-order chi connectivity index (χ1) is 29.8. The fourth-order valence-electron chi connectivity index (χ4n) is 3.62. The summed E-state index contributed by atoms with van der Waals surface area (Å²) in [6.07, 6.45) is 1.78. The Morgan fingerprint density at radius 3 is 1.21 bits per heavy atom. The molecular weight excluding hydrogens is 1110 g/mol. The van der Waals surface area contributed by atoms with Gasteiger partial charge in [0.15, 0.2) is 27.3 Å². The minimum Gasteiger partial charge on any atom is -0.772 e. The molecule has 0 saturated heterocycles. The van der Waals surface area contributed by atoms with Crippen molar-refractivity contribution in [1.82, 2.24) is 15.5 Å². The number of sulfone groups is 1. The molecule has 26 heteroatoms. The topological polar surface area (TPSA) is 308 Å². The Morgan fingerprint density at radius 1 is 0.676 bits per heavy atom. The van der Waals surface area contributed by atoms with Gasteiger partial charge in [-0.15, -0.1) is 0 Å². The van der Waals surface area contributed by atoms with Gasteiger partial charge in [-0.2, -0.15) is 0 Å². The molecule has 0 bridgehead atoms. The third-order valence-electron chi connectivity index (χ3n) is 7.91. The summed E-state index contributed by atoms with van der Waals surface area (Å²) in [5.41, 5.74) is 5.03. The van der Waals surface area contributed by atoms with Crippen molar-refractivity contribution < 1.29 is 88.2 Å². The number of carbonyl (C=O) groups excluding carboxylic acids is 2. The maximum Gasteiger partial charge on any atom is 1.00 e. The third kappa shape index (κ3) is 32.1. The molecule has 0 aliphatic carbocycles. The average molecular weight is 1190 g/mol. The molecule has 2 amide bonds. The molecule has 0 fully saturated rings. The van der Waals surface area contributed by atoms with Crippen LogP contribution in [0.3, 0.4) is 0 Å². The van der Waals surface area contributed by atoms with Crippen LogP contribution in [0.25, 0.3) is 0 Å². The first-order valence-corrected chi connectivity index (χ1v) is 27.9. The summed E-state index contributed by atoms with van der Waals surface area (Å²) in [7, 11) is -1.92. The van der Waals surface area contributed by atoms with Crippen molar-refractivity contribution in [2.24, 2.45) is 0 Å². The van der Waals surface area contributed by atoms with E-state index < -0.39 is 55.2 Å². The van der Waals surface area contributed by atoms with Gasteiger partial charge in [-0.1, -0.05) is 141 Å². The molecule has 0 aliphatic rings. The summed E-state index contributed by atoms with van der Waals surface area (Å²) >= 11 is 4.40. The smallest absolute Gasteiger partial charge is 0.772 e. The molecular formula is C42H74Br2ClN6NaO13S3. The molecule has 3 rings (SSSR count). The molecule has 68 heavy (non-hydrogen) atoms. The Morgan fingerprint density at radius 2 is 1.01 bits per heavy atom. The molecule has 3 heterocycles. The molecule has 0 radical (unpaired) electrons. The average Bonchev–Trinajstić information content (AvgIpc) is 3.90. The van der Waals surface area contributed by atoms with Gasteiger partial charge in [-0.3, -0.25) is 18.6 Å². The molecule has 0 aliphatic heterocycles. The van der Waals surface area contributed by atoms with Gasteiger partial charge in [0.1, 0.15) is 26.4 Å². The van der Waals surface area contributed by atoms with Crippen LogP contribution in [-0.4, -0.2) is 94.6 Å². The predicted octanol–water partition coefficient (Wildman–Crippen LogP) is 6.64. The summed E-state index contributed by atoms with van der Waals surface area (Å²) in [6.45, 7) is 32.9. The van der Waals surface area contributed by atoms with Crippen molar-refractivity contribution in [3.05, 3.63) is 35.5 Å². The van der Waals surface area contributed by atoms with Crippen LogP contribution in [0.2, 0.25) is 0 Å². The monoisotopic (exact) mass is 1180 g/mol. The number of amides is 2. The number of carboxylic acids is 1. The number of carboxylic acid groups (broad SMARTS) is 1.